The van der Waals surface area contributed by atoms with E-state index in [0.29, 0.717) is 5.92 Å². The van der Waals surface area contributed by atoms with Crippen LogP contribution in [0, 0.1) is 5.92 Å². The summed E-state index contributed by atoms with van der Waals surface area (Å²) in [5.74, 6) is 1.49. The summed E-state index contributed by atoms with van der Waals surface area (Å²) in [5, 5.41) is 3.47. The molecule has 1 saturated heterocycles. The fourth-order valence-corrected chi connectivity index (χ4v) is 2.11. The Morgan fingerprint density at radius 2 is 2.35 bits per heavy atom. The van der Waals surface area contributed by atoms with Crippen molar-refractivity contribution in [2.75, 3.05) is 20.3 Å². The molecule has 3 heteroatoms. The lowest BCUT2D eigenvalue weighted by molar-refractivity contribution is -0.0997. The summed E-state index contributed by atoms with van der Waals surface area (Å²) in [6, 6.07) is 8.15. The lowest BCUT2D eigenvalue weighted by Crippen LogP contribution is -2.53. The lowest BCUT2D eigenvalue weighted by atomic mass is 10.0. The van der Waals surface area contributed by atoms with Crippen LogP contribution in [0.15, 0.2) is 24.3 Å². The first-order valence-electron chi connectivity index (χ1n) is 6.13. The summed E-state index contributed by atoms with van der Waals surface area (Å²) < 4.78 is 11.1. The second-order valence-corrected chi connectivity index (χ2v) is 5.06. The van der Waals surface area contributed by atoms with Gasteiger partial charge in [0.2, 0.25) is 0 Å². The third-order valence-electron chi connectivity index (χ3n) is 3.19. The van der Waals surface area contributed by atoms with Crippen molar-refractivity contribution in [1.82, 2.24) is 5.32 Å². The number of rotatable bonds is 3. The molecule has 94 valence electrons. The summed E-state index contributed by atoms with van der Waals surface area (Å²) in [6.45, 7) is 6.14. The maximum atomic E-state index is 5.90. The molecule has 1 aliphatic rings. The molecule has 0 spiro atoms. The lowest BCUT2D eigenvalue weighted by Gasteiger charge is -2.38. The number of hydrogen-bond donors (Lipinski definition) is 1. The van der Waals surface area contributed by atoms with Gasteiger partial charge in [-0.15, -0.1) is 0 Å². The highest BCUT2D eigenvalue weighted by molar-refractivity contribution is 5.29. The Kier molecular flexibility index (Phi) is 3.69. The zero-order chi connectivity index (χ0) is 12.3. The number of nitrogens with one attached hydrogen (secondary N) is 1. The largest absolute Gasteiger partial charge is 0.497 e. The molecule has 1 fully saturated rings. The number of hydrogen-bond acceptors (Lipinski definition) is 3. The van der Waals surface area contributed by atoms with Crippen molar-refractivity contribution in [1.29, 1.82) is 0 Å². The first kappa shape index (κ1) is 12.4. The monoisotopic (exact) mass is 235 g/mol. The van der Waals surface area contributed by atoms with Crippen LogP contribution in [0.25, 0.3) is 0 Å². The molecule has 0 bridgehead atoms. The van der Waals surface area contributed by atoms with Crippen molar-refractivity contribution < 1.29 is 9.47 Å². The zero-order valence-corrected chi connectivity index (χ0v) is 10.8. The van der Waals surface area contributed by atoms with Crippen molar-refractivity contribution in [2.24, 2.45) is 5.92 Å². The van der Waals surface area contributed by atoms with Crippen LogP contribution in [0.3, 0.4) is 0 Å². The van der Waals surface area contributed by atoms with Crippen LogP contribution in [0.5, 0.6) is 5.75 Å². The smallest absolute Gasteiger partial charge is 0.120 e. The van der Waals surface area contributed by atoms with E-state index in [0.717, 1.165) is 25.3 Å². The van der Waals surface area contributed by atoms with Crippen molar-refractivity contribution in [3.63, 3.8) is 0 Å². The summed E-state index contributed by atoms with van der Waals surface area (Å²) >= 11 is 0. The molecule has 1 aromatic rings. The summed E-state index contributed by atoms with van der Waals surface area (Å²) in [6.07, 6.45) is 0.858. The van der Waals surface area contributed by atoms with Crippen molar-refractivity contribution in [3.8, 4) is 5.75 Å². The number of ether oxygens (including phenoxy) is 2. The van der Waals surface area contributed by atoms with Crippen molar-refractivity contribution in [2.45, 2.75) is 26.0 Å². The first-order chi connectivity index (χ1) is 8.11. The molecule has 17 heavy (non-hydrogen) atoms. The minimum Gasteiger partial charge on any atom is -0.497 e. The Bertz CT molecular complexity index is 370. The van der Waals surface area contributed by atoms with Crippen LogP contribution in [0.1, 0.15) is 19.4 Å². The van der Waals surface area contributed by atoms with E-state index in [4.69, 9.17) is 9.47 Å². The van der Waals surface area contributed by atoms with E-state index in [2.05, 4.69) is 31.3 Å². The van der Waals surface area contributed by atoms with Gasteiger partial charge >= 0.3 is 0 Å². The van der Waals surface area contributed by atoms with Gasteiger partial charge < -0.3 is 9.47 Å². The predicted octanol–water partition coefficient (Wildman–Crippen LogP) is 2.21. The average molecular weight is 235 g/mol. The van der Waals surface area contributed by atoms with E-state index in [9.17, 15) is 0 Å². The highest BCUT2D eigenvalue weighted by Crippen LogP contribution is 2.22. The van der Waals surface area contributed by atoms with Gasteiger partial charge in [-0.1, -0.05) is 19.1 Å². The fourth-order valence-electron chi connectivity index (χ4n) is 2.11. The van der Waals surface area contributed by atoms with Crippen LogP contribution in [-0.4, -0.2) is 26.0 Å². The molecule has 3 nitrogen and oxygen atoms in total. The maximum absolute atomic E-state index is 5.90. The summed E-state index contributed by atoms with van der Waals surface area (Å²) in [5.41, 5.74) is 0.979. The second-order valence-electron chi connectivity index (χ2n) is 5.06. The molecule has 1 heterocycles. The Morgan fingerprint density at radius 1 is 1.53 bits per heavy atom. The van der Waals surface area contributed by atoms with Gasteiger partial charge in [-0.25, -0.2) is 0 Å². The topological polar surface area (TPSA) is 30.5 Å². The van der Waals surface area contributed by atoms with E-state index < -0.39 is 0 Å². The Hall–Kier alpha value is -1.06. The molecule has 2 unspecified atom stereocenters. The molecule has 0 aromatic heterocycles. The Labute approximate surface area is 103 Å². The highest BCUT2D eigenvalue weighted by atomic mass is 16.5. The average Bonchev–Trinajstić information content (AvgIpc) is 2.33. The van der Waals surface area contributed by atoms with Gasteiger partial charge in [-0.05, 0) is 30.5 Å². The van der Waals surface area contributed by atoms with Gasteiger partial charge in [0.15, 0.2) is 0 Å². The fraction of sp³-hybridized carbons (Fsp3) is 0.571. The third-order valence-corrected chi connectivity index (χ3v) is 3.19. The SMILES string of the molecule is COc1cccc(CC2(C)NCC(C)CO2)c1. The molecule has 0 radical (unpaired) electrons. The quantitative estimate of drug-likeness (QED) is 0.871. The minimum atomic E-state index is -0.251. The van der Waals surface area contributed by atoms with Crippen molar-refractivity contribution >= 4 is 0 Å². The molecule has 1 aliphatic heterocycles. The molecule has 0 aliphatic carbocycles. The van der Waals surface area contributed by atoms with Gasteiger partial charge in [0.1, 0.15) is 11.5 Å². The van der Waals surface area contributed by atoms with E-state index in [1.54, 1.807) is 7.11 Å². The molecule has 2 rings (SSSR count). The number of methoxy groups -OCH3 is 1. The third kappa shape index (κ3) is 3.20. The normalized spacial score (nSPS) is 29.0. The molecule has 0 amide bonds. The summed E-state index contributed by atoms with van der Waals surface area (Å²) in [4.78, 5) is 0. The van der Waals surface area contributed by atoms with Gasteiger partial charge in [0.05, 0.1) is 13.7 Å². The molecule has 1 aromatic carbocycles. The van der Waals surface area contributed by atoms with Crippen LogP contribution in [0.2, 0.25) is 0 Å². The maximum Gasteiger partial charge on any atom is 0.120 e. The number of benzene rings is 1. The molecule has 0 saturated carbocycles. The van der Waals surface area contributed by atoms with E-state index >= 15 is 0 Å². The predicted molar refractivity (Wildman–Crippen MR) is 68.2 cm³/mol. The minimum absolute atomic E-state index is 0.251. The van der Waals surface area contributed by atoms with Gasteiger partial charge in [-0.2, -0.15) is 0 Å². The van der Waals surface area contributed by atoms with Gasteiger partial charge in [-0.3, -0.25) is 5.32 Å². The molecule has 2 atom stereocenters. The van der Waals surface area contributed by atoms with E-state index in [-0.39, 0.29) is 5.72 Å². The van der Waals surface area contributed by atoms with Gasteiger partial charge in [0.25, 0.3) is 0 Å². The summed E-state index contributed by atoms with van der Waals surface area (Å²) in [7, 11) is 1.69. The van der Waals surface area contributed by atoms with Crippen molar-refractivity contribution in [3.05, 3.63) is 29.8 Å². The van der Waals surface area contributed by atoms with Gasteiger partial charge in [0, 0.05) is 13.0 Å². The van der Waals surface area contributed by atoms with E-state index in [1.165, 1.54) is 5.56 Å². The standard InChI is InChI=1S/C14H21NO2/c1-11-9-15-14(2,17-10-11)8-12-5-4-6-13(7-12)16-3/h4-7,11,15H,8-10H2,1-3H3. The Balaban J connectivity index is 2.04. The zero-order valence-electron chi connectivity index (χ0n) is 10.8. The Morgan fingerprint density at radius 3 is 3.00 bits per heavy atom. The van der Waals surface area contributed by atoms with Crippen LogP contribution in [-0.2, 0) is 11.2 Å². The van der Waals surface area contributed by atoms with Crippen LogP contribution in [0.4, 0.5) is 0 Å². The molecule has 1 N–H and O–H groups in total. The molecular formula is C14H21NO2. The van der Waals surface area contributed by atoms with E-state index in [1.807, 2.05) is 12.1 Å². The van der Waals surface area contributed by atoms with Crippen LogP contribution < -0.4 is 10.1 Å². The highest BCUT2D eigenvalue weighted by Gasteiger charge is 2.30. The molecular weight excluding hydrogens is 214 g/mol. The van der Waals surface area contributed by atoms with Crippen LogP contribution >= 0.6 is 0 Å². The second kappa shape index (κ2) is 5.07. The first-order valence-corrected chi connectivity index (χ1v) is 6.13.